The first-order chi connectivity index (χ1) is 9.52. The number of hydrogen-bond donors (Lipinski definition) is 0. The highest BCUT2D eigenvalue weighted by Gasteiger charge is 2.40. The van der Waals surface area contributed by atoms with Crippen LogP contribution < -0.4 is 0 Å². The highest BCUT2D eigenvalue weighted by atomic mass is 16.5. The minimum absolute atomic E-state index is 0.0196. The molecule has 0 bridgehead atoms. The number of esters is 1. The van der Waals surface area contributed by atoms with Crippen molar-refractivity contribution >= 4 is 5.97 Å². The molecule has 2 nitrogen and oxygen atoms in total. The Morgan fingerprint density at radius 1 is 0.864 bits per heavy atom. The normalized spacial score (nSPS) is 17.8. The summed E-state index contributed by atoms with van der Waals surface area (Å²) in [6, 6.07) is 0. The summed E-state index contributed by atoms with van der Waals surface area (Å²) in [4.78, 5) is 12.7. The molecule has 0 aliphatic carbocycles. The molecule has 22 heavy (non-hydrogen) atoms. The SMILES string of the molecule is CCC(C)(CC(C)(C)C)C(C)OC(=O)C(C)(C)CC(C)(C)C. The molecule has 132 valence electrons. The lowest BCUT2D eigenvalue weighted by Gasteiger charge is -2.41. The van der Waals surface area contributed by atoms with Crippen molar-refractivity contribution in [3.63, 3.8) is 0 Å². The minimum atomic E-state index is -0.442. The van der Waals surface area contributed by atoms with Crippen molar-refractivity contribution < 1.29 is 9.53 Å². The standard InChI is InChI=1S/C20H40O2/c1-12-20(11,14-18(6,7)8)15(2)22-16(21)19(9,10)13-17(3,4)5/h15H,12-14H2,1-11H3. The highest BCUT2D eigenvalue weighted by molar-refractivity contribution is 5.76. The van der Waals surface area contributed by atoms with Crippen molar-refractivity contribution in [1.29, 1.82) is 0 Å². The first kappa shape index (κ1) is 21.5. The third-order valence-electron chi connectivity index (χ3n) is 4.53. The van der Waals surface area contributed by atoms with Gasteiger partial charge in [-0.25, -0.2) is 0 Å². The molecular formula is C20H40O2. The predicted octanol–water partition coefficient (Wildman–Crippen LogP) is 6.23. The lowest BCUT2D eigenvalue weighted by Crippen LogP contribution is -2.40. The summed E-state index contributed by atoms with van der Waals surface area (Å²) in [6.07, 6.45) is 2.82. The molecule has 0 spiro atoms. The van der Waals surface area contributed by atoms with E-state index in [0.29, 0.717) is 0 Å². The van der Waals surface area contributed by atoms with Crippen LogP contribution in [0.5, 0.6) is 0 Å². The van der Waals surface area contributed by atoms with E-state index in [9.17, 15) is 4.79 Å². The molecule has 0 aliphatic rings. The topological polar surface area (TPSA) is 26.3 Å². The van der Waals surface area contributed by atoms with Gasteiger partial charge in [-0.05, 0) is 50.9 Å². The zero-order chi connectivity index (χ0) is 18.0. The molecule has 0 rings (SSSR count). The van der Waals surface area contributed by atoms with Crippen molar-refractivity contribution in [1.82, 2.24) is 0 Å². The van der Waals surface area contributed by atoms with E-state index in [2.05, 4.69) is 62.3 Å². The second-order valence-electron chi connectivity index (χ2n) is 10.4. The van der Waals surface area contributed by atoms with Crippen molar-refractivity contribution in [2.45, 2.75) is 102 Å². The number of ether oxygens (including phenoxy) is 1. The molecule has 0 amide bonds. The van der Waals surface area contributed by atoms with Gasteiger partial charge in [0.2, 0.25) is 0 Å². The van der Waals surface area contributed by atoms with Gasteiger partial charge < -0.3 is 4.74 Å². The number of rotatable bonds is 6. The minimum Gasteiger partial charge on any atom is -0.462 e. The molecule has 0 N–H and O–H groups in total. The second kappa shape index (κ2) is 6.93. The summed E-state index contributed by atoms with van der Waals surface area (Å²) in [5.41, 5.74) is -0.0772. The maximum absolute atomic E-state index is 12.7. The van der Waals surface area contributed by atoms with Gasteiger partial charge in [0.25, 0.3) is 0 Å². The molecule has 0 aliphatic heterocycles. The zero-order valence-corrected chi connectivity index (χ0v) is 17.0. The average Bonchev–Trinajstić information content (AvgIpc) is 2.22. The Morgan fingerprint density at radius 3 is 1.59 bits per heavy atom. The van der Waals surface area contributed by atoms with Gasteiger partial charge in [-0.1, -0.05) is 55.4 Å². The van der Waals surface area contributed by atoms with E-state index in [1.807, 2.05) is 13.8 Å². The van der Waals surface area contributed by atoms with Crippen LogP contribution in [0.3, 0.4) is 0 Å². The van der Waals surface area contributed by atoms with Crippen LogP contribution in [0, 0.1) is 21.7 Å². The molecule has 0 aromatic rings. The van der Waals surface area contributed by atoms with Crippen LogP contribution in [0.15, 0.2) is 0 Å². The maximum Gasteiger partial charge on any atom is 0.311 e. The Kier molecular flexibility index (Phi) is 6.76. The second-order valence-corrected chi connectivity index (χ2v) is 10.4. The van der Waals surface area contributed by atoms with Crippen LogP contribution in [0.4, 0.5) is 0 Å². The van der Waals surface area contributed by atoms with E-state index in [1.165, 1.54) is 0 Å². The third kappa shape index (κ3) is 7.15. The molecule has 0 aromatic carbocycles. The van der Waals surface area contributed by atoms with Crippen LogP contribution >= 0.6 is 0 Å². The average molecular weight is 313 g/mol. The van der Waals surface area contributed by atoms with Crippen molar-refractivity contribution in [3.8, 4) is 0 Å². The van der Waals surface area contributed by atoms with E-state index in [1.54, 1.807) is 0 Å². The molecule has 0 saturated carbocycles. The van der Waals surface area contributed by atoms with Gasteiger partial charge in [0.15, 0.2) is 0 Å². The summed E-state index contributed by atoms with van der Waals surface area (Å²) in [5, 5.41) is 0. The fraction of sp³-hybridized carbons (Fsp3) is 0.950. The van der Waals surface area contributed by atoms with Gasteiger partial charge in [0.05, 0.1) is 5.41 Å². The maximum atomic E-state index is 12.7. The predicted molar refractivity (Wildman–Crippen MR) is 95.9 cm³/mol. The Labute approximate surface area is 139 Å². The van der Waals surface area contributed by atoms with Gasteiger partial charge in [0.1, 0.15) is 6.10 Å². The molecule has 2 unspecified atom stereocenters. The largest absolute Gasteiger partial charge is 0.462 e. The summed E-state index contributed by atoms with van der Waals surface area (Å²) >= 11 is 0. The number of carbonyl (C=O) groups is 1. The molecule has 0 heterocycles. The quantitative estimate of drug-likeness (QED) is 0.543. The first-order valence-corrected chi connectivity index (χ1v) is 8.73. The Balaban J connectivity index is 5.02. The highest BCUT2D eigenvalue weighted by Crippen LogP contribution is 2.41. The van der Waals surface area contributed by atoms with Crippen molar-refractivity contribution in [3.05, 3.63) is 0 Å². The van der Waals surface area contributed by atoms with Crippen LogP contribution in [-0.2, 0) is 9.53 Å². The van der Waals surface area contributed by atoms with E-state index in [4.69, 9.17) is 4.74 Å². The van der Waals surface area contributed by atoms with Crippen LogP contribution in [-0.4, -0.2) is 12.1 Å². The zero-order valence-electron chi connectivity index (χ0n) is 17.0. The van der Waals surface area contributed by atoms with Gasteiger partial charge in [-0.15, -0.1) is 0 Å². The van der Waals surface area contributed by atoms with Gasteiger partial charge in [-0.2, -0.15) is 0 Å². The van der Waals surface area contributed by atoms with Gasteiger partial charge in [0, 0.05) is 5.41 Å². The third-order valence-corrected chi connectivity index (χ3v) is 4.53. The molecule has 2 atom stereocenters. The Morgan fingerprint density at radius 2 is 1.27 bits per heavy atom. The monoisotopic (exact) mass is 312 g/mol. The van der Waals surface area contributed by atoms with E-state index >= 15 is 0 Å². The Bertz CT molecular complexity index is 368. The van der Waals surface area contributed by atoms with E-state index < -0.39 is 5.41 Å². The van der Waals surface area contributed by atoms with Crippen LogP contribution in [0.2, 0.25) is 0 Å². The van der Waals surface area contributed by atoms with Gasteiger partial charge in [-0.3, -0.25) is 4.79 Å². The van der Waals surface area contributed by atoms with Crippen molar-refractivity contribution in [2.24, 2.45) is 21.7 Å². The van der Waals surface area contributed by atoms with E-state index in [-0.39, 0.29) is 28.3 Å². The van der Waals surface area contributed by atoms with Crippen LogP contribution in [0.1, 0.15) is 95.4 Å². The number of hydrogen-bond acceptors (Lipinski definition) is 2. The first-order valence-electron chi connectivity index (χ1n) is 8.73. The molecule has 0 saturated heterocycles. The summed E-state index contributed by atoms with van der Waals surface area (Å²) in [5.74, 6) is -0.0662. The summed E-state index contributed by atoms with van der Waals surface area (Å²) in [6.45, 7) is 23.7. The van der Waals surface area contributed by atoms with Crippen LogP contribution in [0.25, 0.3) is 0 Å². The molecular weight excluding hydrogens is 272 g/mol. The lowest BCUT2D eigenvalue weighted by atomic mass is 9.70. The summed E-state index contributed by atoms with van der Waals surface area (Å²) in [7, 11) is 0. The smallest absolute Gasteiger partial charge is 0.311 e. The fourth-order valence-corrected chi connectivity index (χ4v) is 3.63. The van der Waals surface area contributed by atoms with Gasteiger partial charge >= 0.3 is 5.97 Å². The molecule has 0 fully saturated rings. The number of carbonyl (C=O) groups excluding carboxylic acids is 1. The Hall–Kier alpha value is -0.530. The van der Waals surface area contributed by atoms with E-state index in [0.717, 1.165) is 19.3 Å². The lowest BCUT2D eigenvalue weighted by molar-refractivity contribution is -0.168. The molecule has 0 radical (unpaired) electrons. The van der Waals surface area contributed by atoms with Crippen molar-refractivity contribution in [2.75, 3.05) is 0 Å². The fourth-order valence-electron chi connectivity index (χ4n) is 3.63. The molecule has 2 heteroatoms. The molecule has 0 aromatic heterocycles. The summed E-state index contributed by atoms with van der Waals surface area (Å²) < 4.78 is 5.92.